The van der Waals surface area contributed by atoms with Gasteiger partial charge in [-0.05, 0) is 31.5 Å². The van der Waals surface area contributed by atoms with E-state index in [2.05, 4.69) is 24.1 Å². The maximum absolute atomic E-state index is 11.6. The van der Waals surface area contributed by atoms with Gasteiger partial charge in [-0.1, -0.05) is 13.8 Å². The normalized spacial score (nSPS) is 10.7. The maximum atomic E-state index is 11.6. The largest absolute Gasteiger partial charge is 0.482 e. The summed E-state index contributed by atoms with van der Waals surface area (Å²) in [5.74, 6) is 1.19. The van der Waals surface area contributed by atoms with E-state index in [9.17, 15) is 4.79 Å². The number of nitrogens with zero attached hydrogens (tertiary/aromatic N) is 2. The van der Waals surface area contributed by atoms with Crippen molar-refractivity contribution < 1.29 is 9.53 Å². The van der Waals surface area contributed by atoms with Crippen molar-refractivity contribution >= 4 is 5.91 Å². The monoisotopic (exact) mass is 279 g/mol. The Kier molecular flexibility index (Phi) is 6.45. The molecule has 0 unspecified atom stereocenters. The molecule has 20 heavy (non-hydrogen) atoms. The number of hydrogen-bond donors (Lipinski definition) is 1. The van der Waals surface area contributed by atoms with Crippen molar-refractivity contribution in [3.8, 4) is 5.75 Å². The molecule has 0 atom stereocenters. The van der Waals surface area contributed by atoms with Gasteiger partial charge in [0.05, 0.1) is 5.69 Å². The molecule has 0 saturated carbocycles. The topological polar surface area (TPSA) is 54.5 Å². The number of rotatable bonds is 7. The van der Waals surface area contributed by atoms with E-state index >= 15 is 0 Å². The van der Waals surface area contributed by atoms with Crippen molar-refractivity contribution in [1.29, 1.82) is 0 Å². The van der Waals surface area contributed by atoms with Crippen molar-refractivity contribution in [3.05, 3.63) is 23.5 Å². The Morgan fingerprint density at radius 3 is 2.70 bits per heavy atom. The van der Waals surface area contributed by atoms with Crippen molar-refractivity contribution in [3.63, 3.8) is 0 Å². The minimum Gasteiger partial charge on any atom is -0.482 e. The van der Waals surface area contributed by atoms with Gasteiger partial charge in [-0.15, -0.1) is 0 Å². The van der Waals surface area contributed by atoms with E-state index in [-0.39, 0.29) is 12.5 Å². The third-order valence-corrected chi connectivity index (χ3v) is 2.77. The third kappa shape index (κ3) is 5.57. The lowest BCUT2D eigenvalue weighted by molar-refractivity contribution is -0.130. The molecule has 0 aromatic carbocycles. The number of aromatic nitrogens is 1. The molecule has 1 amide bonds. The van der Waals surface area contributed by atoms with E-state index < -0.39 is 0 Å². The molecule has 5 nitrogen and oxygen atoms in total. The quantitative estimate of drug-likeness (QED) is 0.824. The van der Waals surface area contributed by atoms with Gasteiger partial charge in [0.1, 0.15) is 5.75 Å². The molecule has 1 heterocycles. The fourth-order valence-corrected chi connectivity index (χ4v) is 1.60. The van der Waals surface area contributed by atoms with Crippen LogP contribution in [-0.4, -0.2) is 43.0 Å². The molecule has 0 spiro atoms. The highest BCUT2D eigenvalue weighted by molar-refractivity contribution is 5.77. The van der Waals surface area contributed by atoms with E-state index in [4.69, 9.17) is 4.74 Å². The Hall–Kier alpha value is -1.62. The molecule has 0 aliphatic heterocycles. The van der Waals surface area contributed by atoms with E-state index in [1.807, 2.05) is 19.1 Å². The zero-order valence-electron chi connectivity index (χ0n) is 13.1. The molecule has 112 valence electrons. The Morgan fingerprint density at radius 1 is 1.40 bits per heavy atom. The molecule has 0 bridgehead atoms. The first-order chi connectivity index (χ1) is 9.40. The molecule has 0 radical (unpaired) electrons. The minimum atomic E-state index is -0.0633. The lowest BCUT2D eigenvalue weighted by atomic mass is 10.2. The Bertz CT molecular complexity index is 445. The SMILES string of the molecule is Cc1ccc(OCC(=O)N(C)C)c(CNCC(C)C)n1. The van der Waals surface area contributed by atoms with E-state index in [0.29, 0.717) is 18.2 Å². The highest BCUT2D eigenvalue weighted by Gasteiger charge is 2.10. The van der Waals surface area contributed by atoms with Crippen LogP contribution in [0.2, 0.25) is 0 Å². The van der Waals surface area contributed by atoms with Crippen LogP contribution in [0.4, 0.5) is 0 Å². The summed E-state index contributed by atoms with van der Waals surface area (Å²) in [5, 5.41) is 3.34. The van der Waals surface area contributed by atoms with Gasteiger partial charge in [-0.3, -0.25) is 9.78 Å². The molecule has 1 aromatic rings. The van der Waals surface area contributed by atoms with Crippen LogP contribution >= 0.6 is 0 Å². The molecule has 0 aliphatic rings. The van der Waals surface area contributed by atoms with Gasteiger partial charge in [0.25, 0.3) is 5.91 Å². The van der Waals surface area contributed by atoms with Crippen LogP contribution in [-0.2, 0) is 11.3 Å². The second kappa shape index (κ2) is 7.85. The molecule has 1 N–H and O–H groups in total. The molecule has 0 saturated heterocycles. The molecule has 0 fully saturated rings. The summed E-state index contributed by atoms with van der Waals surface area (Å²) < 4.78 is 5.58. The zero-order chi connectivity index (χ0) is 15.1. The number of hydrogen-bond acceptors (Lipinski definition) is 4. The van der Waals surface area contributed by atoms with Gasteiger partial charge in [0, 0.05) is 26.3 Å². The summed E-state index contributed by atoms with van der Waals surface area (Å²) in [5.41, 5.74) is 1.79. The number of pyridine rings is 1. The average molecular weight is 279 g/mol. The van der Waals surface area contributed by atoms with Crippen molar-refractivity contribution in [1.82, 2.24) is 15.2 Å². The van der Waals surface area contributed by atoms with E-state index in [1.165, 1.54) is 4.90 Å². The predicted molar refractivity (Wildman–Crippen MR) is 79.7 cm³/mol. The van der Waals surface area contributed by atoms with Crippen molar-refractivity contribution in [2.24, 2.45) is 5.92 Å². The summed E-state index contributed by atoms with van der Waals surface area (Å²) >= 11 is 0. The minimum absolute atomic E-state index is 0.0366. The predicted octanol–water partition coefficient (Wildman–Crippen LogP) is 1.60. The van der Waals surface area contributed by atoms with Crippen LogP contribution in [0.1, 0.15) is 25.2 Å². The van der Waals surface area contributed by atoms with Crippen LogP contribution in [0.5, 0.6) is 5.75 Å². The molecule has 1 rings (SSSR count). The van der Waals surface area contributed by atoms with Gasteiger partial charge in [-0.2, -0.15) is 0 Å². The summed E-state index contributed by atoms with van der Waals surface area (Å²) in [4.78, 5) is 17.6. The first kappa shape index (κ1) is 16.4. The first-order valence-corrected chi connectivity index (χ1v) is 6.90. The summed E-state index contributed by atoms with van der Waals surface area (Å²) in [7, 11) is 3.42. The Balaban J connectivity index is 2.67. The zero-order valence-corrected chi connectivity index (χ0v) is 13.1. The molecular weight excluding hydrogens is 254 g/mol. The second-order valence-electron chi connectivity index (χ2n) is 5.50. The van der Waals surface area contributed by atoms with Crippen molar-refractivity contribution in [2.45, 2.75) is 27.3 Å². The highest BCUT2D eigenvalue weighted by Crippen LogP contribution is 2.17. The van der Waals surface area contributed by atoms with Gasteiger partial charge >= 0.3 is 0 Å². The second-order valence-corrected chi connectivity index (χ2v) is 5.50. The van der Waals surface area contributed by atoms with Crippen LogP contribution in [0, 0.1) is 12.8 Å². The van der Waals surface area contributed by atoms with Gasteiger partial charge in [-0.25, -0.2) is 0 Å². The summed E-state index contributed by atoms with van der Waals surface area (Å²) in [6, 6.07) is 3.76. The molecular formula is C15H25N3O2. The number of ether oxygens (including phenoxy) is 1. The van der Waals surface area contributed by atoms with Crippen LogP contribution < -0.4 is 10.1 Å². The summed E-state index contributed by atoms with van der Waals surface area (Å²) in [6.07, 6.45) is 0. The number of carbonyl (C=O) groups excluding carboxylic acids is 1. The highest BCUT2D eigenvalue weighted by atomic mass is 16.5. The third-order valence-electron chi connectivity index (χ3n) is 2.77. The van der Waals surface area contributed by atoms with E-state index in [1.54, 1.807) is 14.1 Å². The Morgan fingerprint density at radius 2 is 2.10 bits per heavy atom. The number of nitrogens with one attached hydrogen (secondary N) is 1. The van der Waals surface area contributed by atoms with Gasteiger partial charge in [0.2, 0.25) is 0 Å². The molecule has 5 heteroatoms. The standard InChI is InChI=1S/C15H25N3O2/c1-11(2)8-16-9-13-14(7-6-12(3)17-13)20-10-15(19)18(4)5/h6-7,11,16H,8-10H2,1-5H3. The van der Waals surface area contributed by atoms with Gasteiger partial charge < -0.3 is 15.0 Å². The maximum Gasteiger partial charge on any atom is 0.259 e. The van der Waals surface area contributed by atoms with Gasteiger partial charge in [0.15, 0.2) is 6.61 Å². The lowest BCUT2D eigenvalue weighted by Gasteiger charge is -2.14. The van der Waals surface area contributed by atoms with Crippen LogP contribution in [0.25, 0.3) is 0 Å². The number of aryl methyl sites for hydroxylation is 1. The van der Waals surface area contributed by atoms with Crippen LogP contribution in [0.15, 0.2) is 12.1 Å². The number of likely N-dealkylation sites (N-methyl/N-ethyl adjacent to an activating group) is 1. The molecule has 1 aromatic heterocycles. The van der Waals surface area contributed by atoms with E-state index in [0.717, 1.165) is 17.9 Å². The van der Waals surface area contributed by atoms with Crippen LogP contribution in [0.3, 0.4) is 0 Å². The smallest absolute Gasteiger partial charge is 0.259 e. The number of amides is 1. The Labute approximate surface area is 121 Å². The van der Waals surface area contributed by atoms with Crippen molar-refractivity contribution in [2.75, 3.05) is 27.2 Å². The lowest BCUT2D eigenvalue weighted by Crippen LogP contribution is -2.28. The molecule has 0 aliphatic carbocycles. The first-order valence-electron chi connectivity index (χ1n) is 6.90. The fraction of sp³-hybridized carbons (Fsp3) is 0.600. The average Bonchev–Trinajstić information content (AvgIpc) is 2.36. The summed E-state index contributed by atoms with van der Waals surface area (Å²) in [6.45, 7) is 7.86. The number of carbonyl (C=O) groups is 1. The fourth-order valence-electron chi connectivity index (χ4n) is 1.60.